The van der Waals surface area contributed by atoms with Crippen LogP contribution in [-0.4, -0.2) is 69.4 Å². The summed E-state index contributed by atoms with van der Waals surface area (Å²) in [5.41, 5.74) is 3.68. The summed E-state index contributed by atoms with van der Waals surface area (Å²) >= 11 is 0.966. The van der Waals surface area contributed by atoms with Crippen molar-refractivity contribution in [3.8, 4) is 11.5 Å². The third-order valence-corrected chi connectivity index (χ3v) is 8.54. The number of fused-ring (bicyclic) bond motifs is 1. The van der Waals surface area contributed by atoms with Crippen LogP contribution in [0.25, 0.3) is 11.2 Å². The maximum absolute atomic E-state index is 14.9. The van der Waals surface area contributed by atoms with Crippen LogP contribution in [0.1, 0.15) is 38.5 Å². The minimum absolute atomic E-state index is 0.0521. The van der Waals surface area contributed by atoms with E-state index >= 15 is 0 Å². The molecule has 20 heteroatoms. The van der Waals surface area contributed by atoms with E-state index in [1.54, 1.807) is 18.2 Å². The number of ether oxygens (including phenoxy) is 3. The van der Waals surface area contributed by atoms with Crippen molar-refractivity contribution in [2.45, 2.75) is 90.8 Å². The molecule has 46 heavy (non-hydrogen) atoms. The Labute approximate surface area is 257 Å². The van der Waals surface area contributed by atoms with Crippen LogP contribution in [0, 0.1) is 0 Å². The number of alkyl halides is 11. The van der Waals surface area contributed by atoms with Crippen LogP contribution in [0.3, 0.4) is 0 Å². The number of hydrogen-bond donors (Lipinski definition) is 1. The summed E-state index contributed by atoms with van der Waals surface area (Å²) in [5.74, 6) is -21.7. The maximum atomic E-state index is 14.9. The zero-order valence-electron chi connectivity index (χ0n) is 23.9. The van der Waals surface area contributed by atoms with Crippen LogP contribution in [0.5, 0.6) is 11.5 Å². The van der Waals surface area contributed by atoms with Crippen molar-refractivity contribution < 1.29 is 62.5 Å². The number of rotatable bonds is 12. The number of nitrogen functional groups attached to an aromatic ring is 1. The number of nitrogens with two attached hydrogens (primary N) is 1. The van der Waals surface area contributed by atoms with Crippen LogP contribution in [0.4, 0.5) is 54.1 Å². The minimum Gasteiger partial charge on any atom is -0.497 e. The molecule has 0 radical (unpaired) electrons. The van der Waals surface area contributed by atoms with Crippen molar-refractivity contribution in [2.24, 2.45) is 0 Å². The Kier molecular flexibility index (Phi) is 9.57. The molecule has 2 N–H and O–H groups in total. The van der Waals surface area contributed by atoms with E-state index in [4.69, 9.17) is 15.2 Å². The molecule has 1 fully saturated rings. The number of nitrogens with zero attached hydrogens (tertiary/aromatic N) is 4. The molecule has 0 unspecified atom stereocenters. The van der Waals surface area contributed by atoms with Gasteiger partial charge in [0.25, 0.3) is 0 Å². The van der Waals surface area contributed by atoms with E-state index in [-0.39, 0.29) is 35.0 Å². The fraction of sp³-hybridized carbons (Fsp3) is 0.577. The van der Waals surface area contributed by atoms with E-state index in [0.29, 0.717) is 22.8 Å². The van der Waals surface area contributed by atoms with Gasteiger partial charge >= 0.3 is 30.1 Å². The highest BCUT2D eigenvalue weighted by Crippen LogP contribution is 2.59. The molecule has 0 aliphatic heterocycles. The number of imidazole rings is 1. The molecule has 0 saturated heterocycles. The molecule has 256 valence electrons. The highest BCUT2D eigenvalue weighted by atomic mass is 32.2. The number of halogens is 11. The molecule has 3 aromatic rings. The third kappa shape index (κ3) is 6.21. The highest BCUT2D eigenvalue weighted by Gasteiger charge is 2.88. The number of benzene rings is 1. The van der Waals surface area contributed by atoms with Gasteiger partial charge in [0.1, 0.15) is 17.8 Å². The second-order valence-corrected chi connectivity index (χ2v) is 11.4. The van der Waals surface area contributed by atoms with Gasteiger partial charge in [-0.15, -0.1) is 0 Å². The maximum Gasteiger partial charge on any atom is 0.460 e. The largest absolute Gasteiger partial charge is 0.497 e. The third-order valence-electron chi connectivity index (χ3n) is 7.51. The average molecular weight is 698 g/mol. The molecule has 2 aromatic heterocycles. The summed E-state index contributed by atoms with van der Waals surface area (Å²) in [5, 5.41) is 0.105. The lowest BCUT2D eigenvalue weighted by molar-refractivity contribution is -0.469. The van der Waals surface area contributed by atoms with Crippen molar-refractivity contribution in [1.82, 2.24) is 19.5 Å². The predicted octanol–water partition coefficient (Wildman–Crippen LogP) is 7.75. The van der Waals surface area contributed by atoms with Gasteiger partial charge in [-0.25, -0.2) is 15.0 Å². The van der Waals surface area contributed by atoms with E-state index < -0.39 is 61.5 Å². The molecule has 1 saturated carbocycles. The fourth-order valence-corrected chi connectivity index (χ4v) is 6.03. The number of methoxy groups -OCH3 is 2. The number of aromatic nitrogens is 4. The Hall–Kier alpha value is -3.29. The summed E-state index contributed by atoms with van der Waals surface area (Å²) in [7, 11) is 2.79. The van der Waals surface area contributed by atoms with Gasteiger partial charge in [-0.1, -0.05) is 19.3 Å². The van der Waals surface area contributed by atoms with Crippen molar-refractivity contribution in [3.05, 3.63) is 24.5 Å². The van der Waals surface area contributed by atoms with Gasteiger partial charge in [0.05, 0.1) is 24.7 Å². The molecule has 0 spiro atoms. The normalized spacial score (nSPS) is 16.5. The van der Waals surface area contributed by atoms with Gasteiger partial charge in [-0.3, -0.25) is 0 Å². The zero-order valence-corrected chi connectivity index (χ0v) is 24.7. The Morgan fingerprint density at radius 1 is 0.870 bits per heavy atom. The lowest BCUT2D eigenvalue weighted by atomic mass is 9.82. The van der Waals surface area contributed by atoms with Crippen molar-refractivity contribution >= 4 is 28.7 Å². The van der Waals surface area contributed by atoms with Gasteiger partial charge in [0.15, 0.2) is 22.1 Å². The Balaban J connectivity index is 1.72. The van der Waals surface area contributed by atoms with Crippen LogP contribution < -0.4 is 15.2 Å². The monoisotopic (exact) mass is 697 g/mol. The molecule has 1 aliphatic rings. The van der Waals surface area contributed by atoms with Crippen LogP contribution in [-0.2, 0) is 11.3 Å². The van der Waals surface area contributed by atoms with Crippen LogP contribution in [0.15, 0.2) is 34.6 Å². The van der Waals surface area contributed by atoms with E-state index in [1.165, 1.54) is 18.8 Å². The first-order chi connectivity index (χ1) is 21.2. The van der Waals surface area contributed by atoms with Gasteiger partial charge in [-0.2, -0.15) is 48.3 Å². The molecule has 0 bridgehead atoms. The van der Waals surface area contributed by atoms with Crippen LogP contribution >= 0.6 is 11.8 Å². The number of hydrogen-bond acceptors (Lipinski definition) is 8. The molecule has 4 rings (SSSR count). The van der Waals surface area contributed by atoms with Crippen LogP contribution in [0.2, 0.25) is 0 Å². The molecular weight excluding hydrogens is 671 g/mol. The van der Waals surface area contributed by atoms with E-state index in [9.17, 15) is 48.3 Å². The molecule has 0 atom stereocenters. The van der Waals surface area contributed by atoms with Gasteiger partial charge in [0, 0.05) is 6.54 Å². The summed E-state index contributed by atoms with van der Waals surface area (Å²) in [4.78, 5) is 12.8. The van der Waals surface area contributed by atoms with Gasteiger partial charge in [0.2, 0.25) is 0 Å². The second-order valence-electron chi connectivity index (χ2n) is 10.4. The summed E-state index contributed by atoms with van der Waals surface area (Å²) in [6.45, 7) is -0.404. The minimum atomic E-state index is -7.58. The van der Waals surface area contributed by atoms with Gasteiger partial charge in [-0.05, 0) is 49.2 Å². The SMILES string of the molecule is COc1ccc(OC)c(Sc2nc3c(N)ncnc3n2CCC2(OC(F)(F)C(F)(F)C(F)(F)C(F)(F)C(F)(F)F)CCCCC2)c1. The van der Waals surface area contributed by atoms with E-state index in [0.717, 1.165) is 18.1 Å². The first kappa shape index (κ1) is 35.6. The first-order valence-electron chi connectivity index (χ1n) is 13.4. The average Bonchev–Trinajstić information content (AvgIpc) is 3.33. The lowest BCUT2D eigenvalue weighted by Gasteiger charge is -2.43. The quantitative estimate of drug-likeness (QED) is 0.192. The van der Waals surface area contributed by atoms with Crippen molar-refractivity contribution in [3.63, 3.8) is 0 Å². The number of anilines is 1. The van der Waals surface area contributed by atoms with E-state index in [1.807, 2.05) is 0 Å². The Bertz CT molecular complexity index is 1550. The molecular formula is C26H26F11N5O3S. The standard InChI is InChI=1S/C26H26F11N5O3S/c1-43-14-6-7-15(44-2)16(12-14)46-20-41-17-18(38)39-13-40-19(17)42(20)11-10-21(8-4-3-5-9-21)45-26(36,37)24(31,32)22(27,28)23(29,30)25(33,34)35/h6-7,12-13H,3-5,8-11H2,1-2H3,(H2,38,39,40). The van der Waals surface area contributed by atoms with Gasteiger partial charge < -0.3 is 24.5 Å². The molecule has 8 nitrogen and oxygen atoms in total. The fourth-order valence-electron chi connectivity index (χ4n) is 4.98. The Morgan fingerprint density at radius 2 is 1.52 bits per heavy atom. The smallest absolute Gasteiger partial charge is 0.460 e. The molecule has 2 heterocycles. The van der Waals surface area contributed by atoms with Crippen molar-refractivity contribution in [1.29, 1.82) is 0 Å². The summed E-state index contributed by atoms with van der Waals surface area (Å²) in [6.07, 6.45) is -13.6. The van der Waals surface area contributed by atoms with E-state index in [2.05, 4.69) is 19.7 Å². The molecule has 1 aromatic carbocycles. The summed E-state index contributed by atoms with van der Waals surface area (Å²) < 4.78 is 168. The predicted molar refractivity (Wildman–Crippen MR) is 141 cm³/mol. The topological polar surface area (TPSA) is 97.3 Å². The molecule has 0 amide bonds. The number of aryl methyl sites for hydroxylation is 1. The highest BCUT2D eigenvalue weighted by molar-refractivity contribution is 7.99. The first-order valence-corrected chi connectivity index (χ1v) is 14.2. The Morgan fingerprint density at radius 3 is 2.11 bits per heavy atom. The zero-order chi connectivity index (χ0) is 34.3. The molecule has 1 aliphatic carbocycles. The lowest BCUT2D eigenvalue weighted by Crippen LogP contribution is -2.68. The second kappa shape index (κ2) is 12.4. The van der Waals surface area contributed by atoms with Crippen molar-refractivity contribution in [2.75, 3.05) is 20.0 Å². The summed E-state index contributed by atoms with van der Waals surface area (Å²) in [6, 6.07) is 4.75.